The molecule has 0 amide bonds. The maximum Gasteiger partial charge on any atom is 0.339 e. The average Bonchev–Trinajstić information content (AvgIpc) is 2.77. The Morgan fingerprint density at radius 1 is 1.00 bits per heavy atom. The van der Waals surface area contributed by atoms with E-state index in [0.29, 0.717) is 16.8 Å². The predicted molar refractivity (Wildman–Crippen MR) is 115 cm³/mol. The molecule has 0 saturated heterocycles. The Morgan fingerprint density at radius 3 is 2.55 bits per heavy atom. The fourth-order valence-electron chi connectivity index (χ4n) is 3.04. The van der Waals surface area contributed by atoms with E-state index in [0.717, 1.165) is 26.5 Å². The highest BCUT2D eigenvalue weighted by Crippen LogP contribution is 2.27. The van der Waals surface area contributed by atoms with Gasteiger partial charge in [-0.1, -0.05) is 58.4 Å². The number of esters is 1. The molecule has 4 rings (SSSR count). The van der Waals surface area contributed by atoms with Crippen LogP contribution in [0.1, 0.15) is 21.5 Å². The largest absolute Gasteiger partial charge is 0.457 e. The third-order valence-electron chi connectivity index (χ3n) is 4.51. The van der Waals surface area contributed by atoms with E-state index in [9.17, 15) is 4.79 Å². The Balaban J connectivity index is 1.67. The van der Waals surface area contributed by atoms with Gasteiger partial charge in [0, 0.05) is 15.4 Å². The molecule has 0 spiro atoms. The van der Waals surface area contributed by atoms with E-state index >= 15 is 0 Å². The van der Waals surface area contributed by atoms with Crippen molar-refractivity contribution in [2.75, 3.05) is 0 Å². The SMILES string of the molecule is N#Cc1ccc(COC(=O)c2cc(-c3cccc(Br)c3)nc3ccccc23)cc1. The first-order chi connectivity index (χ1) is 14.1. The van der Waals surface area contributed by atoms with Gasteiger partial charge in [-0.3, -0.25) is 0 Å². The number of rotatable bonds is 4. The van der Waals surface area contributed by atoms with E-state index in [2.05, 4.69) is 22.0 Å². The summed E-state index contributed by atoms with van der Waals surface area (Å²) in [5.41, 5.74) is 4.21. The third kappa shape index (κ3) is 4.18. The van der Waals surface area contributed by atoms with Gasteiger partial charge in [0.2, 0.25) is 0 Å². The number of hydrogen-bond donors (Lipinski definition) is 0. The minimum absolute atomic E-state index is 0.132. The summed E-state index contributed by atoms with van der Waals surface area (Å²) in [7, 11) is 0. The lowest BCUT2D eigenvalue weighted by atomic mass is 10.0. The van der Waals surface area contributed by atoms with Crippen LogP contribution < -0.4 is 0 Å². The van der Waals surface area contributed by atoms with Gasteiger partial charge in [-0.05, 0) is 42.0 Å². The van der Waals surface area contributed by atoms with E-state index in [1.165, 1.54) is 0 Å². The second-order valence-corrected chi connectivity index (χ2v) is 7.38. The lowest BCUT2D eigenvalue weighted by Gasteiger charge is -2.10. The van der Waals surface area contributed by atoms with Crippen LogP contribution in [0.3, 0.4) is 0 Å². The first kappa shape index (κ1) is 18.9. The summed E-state index contributed by atoms with van der Waals surface area (Å²) in [5.74, 6) is -0.413. The maximum atomic E-state index is 12.9. The van der Waals surface area contributed by atoms with Crippen molar-refractivity contribution in [3.8, 4) is 17.3 Å². The molecule has 140 valence electrons. The molecule has 0 fully saturated rings. The van der Waals surface area contributed by atoms with Crippen LogP contribution in [0, 0.1) is 11.3 Å². The van der Waals surface area contributed by atoms with Gasteiger partial charge in [-0.25, -0.2) is 9.78 Å². The highest BCUT2D eigenvalue weighted by Gasteiger charge is 2.15. The number of benzene rings is 3. The molecule has 5 heteroatoms. The van der Waals surface area contributed by atoms with Gasteiger partial charge in [0.15, 0.2) is 0 Å². The fourth-order valence-corrected chi connectivity index (χ4v) is 3.44. The van der Waals surface area contributed by atoms with Gasteiger partial charge in [-0.15, -0.1) is 0 Å². The van der Waals surface area contributed by atoms with Gasteiger partial charge in [-0.2, -0.15) is 5.26 Å². The summed E-state index contributed by atoms with van der Waals surface area (Å²) in [6.45, 7) is 0.132. The zero-order valence-electron chi connectivity index (χ0n) is 15.3. The summed E-state index contributed by atoms with van der Waals surface area (Å²) in [6, 6.07) is 26.1. The Hall–Kier alpha value is -3.49. The molecular weight excluding hydrogens is 428 g/mol. The van der Waals surface area contributed by atoms with Crippen molar-refractivity contribution in [1.82, 2.24) is 4.98 Å². The fraction of sp³-hybridized carbons (Fsp3) is 0.0417. The normalized spacial score (nSPS) is 10.5. The number of fused-ring (bicyclic) bond motifs is 1. The number of nitriles is 1. The lowest BCUT2D eigenvalue weighted by Crippen LogP contribution is -2.07. The zero-order valence-corrected chi connectivity index (χ0v) is 16.9. The van der Waals surface area contributed by atoms with E-state index < -0.39 is 5.97 Å². The van der Waals surface area contributed by atoms with Gasteiger partial charge < -0.3 is 4.74 Å². The number of aromatic nitrogens is 1. The summed E-state index contributed by atoms with van der Waals surface area (Å²) < 4.78 is 6.49. The van der Waals surface area contributed by atoms with Crippen molar-refractivity contribution >= 4 is 32.8 Å². The summed E-state index contributed by atoms with van der Waals surface area (Å²) in [5, 5.41) is 9.64. The number of ether oxygens (including phenoxy) is 1. The van der Waals surface area contributed by atoms with Crippen molar-refractivity contribution in [3.05, 3.63) is 100 Å². The molecule has 0 N–H and O–H groups in total. The highest BCUT2D eigenvalue weighted by atomic mass is 79.9. The minimum Gasteiger partial charge on any atom is -0.457 e. The Bertz CT molecular complexity index is 1240. The molecule has 0 bridgehead atoms. The van der Waals surface area contributed by atoms with Crippen LogP contribution in [0.2, 0.25) is 0 Å². The number of hydrogen-bond acceptors (Lipinski definition) is 4. The van der Waals surface area contributed by atoms with Crippen LogP contribution in [-0.2, 0) is 11.3 Å². The molecule has 1 aromatic heterocycles. The van der Waals surface area contributed by atoms with E-state index in [1.807, 2.05) is 48.5 Å². The molecule has 0 unspecified atom stereocenters. The molecule has 4 nitrogen and oxygen atoms in total. The van der Waals surface area contributed by atoms with Crippen LogP contribution in [0.15, 0.2) is 83.3 Å². The number of para-hydroxylation sites is 1. The van der Waals surface area contributed by atoms with Crippen LogP contribution >= 0.6 is 15.9 Å². The monoisotopic (exact) mass is 442 g/mol. The summed E-state index contributed by atoms with van der Waals surface area (Å²) in [6.07, 6.45) is 0. The molecule has 29 heavy (non-hydrogen) atoms. The standard InChI is InChI=1S/C24H15BrN2O2/c25-19-5-3-4-18(12-19)23-13-21(20-6-1-2-7-22(20)27-23)24(28)29-15-17-10-8-16(14-26)9-11-17/h1-13H,15H2. The smallest absolute Gasteiger partial charge is 0.339 e. The second kappa shape index (κ2) is 8.26. The van der Waals surface area contributed by atoms with E-state index in [1.54, 1.807) is 30.3 Å². The summed E-state index contributed by atoms with van der Waals surface area (Å²) >= 11 is 3.48. The van der Waals surface area contributed by atoms with Crippen molar-refractivity contribution < 1.29 is 9.53 Å². The van der Waals surface area contributed by atoms with Gasteiger partial charge >= 0.3 is 5.97 Å². The molecule has 1 heterocycles. The van der Waals surface area contributed by atoms with Crippen LogP contribution in [-0.4, -0.2) is 11.0 Å². The zero-order chi connectivity index (χ0) is 20.2. The molecule has 0 saturated carbocycles. The molecule has 0 aliphatic carbocycles. The quantitative estimate of drug-likeness (QED) is 0.369. The molecular formula is C24H15BrN2O2. The predicted octanol–water partition coefficient (Wildman–Crippen LogP) is 5.89. The van der Waals surface area contributed by atoms with Gasteiger partial charge in [0.1, 0.15) is 6.61 Å². The second-order valence-electron chi connectivity index (χ2n) is 6.47. The number of nitrogens with zero attached hydrogens (tertiary/aromatic N) is 2. The van der Waals surface area contributed by atoms with Gasteiger partial charge in [0.25, 0.3) is 0 Å². The van der Waals surface area contributed by atoms with Crippen molar-refractivity contribution in [2.45, 2.75) is 6.61 Å². The number of carbonyl (C=O) groups is 1. The van der Waals surface area contributed by atoms with Crippen molar-refractivity contribution in [3.63, 3.8) is 0 Å². The average molecular weight is 443 g/mol. The highest BCUT2D eigenvalue weighted by molar-refractivity contribution is 9.10. The number of pyridine rings is 1. The van der Waals surface area contributed by atoms with E-state index in [4.69, 9.17) is 15.0 Å². The molecule has 0 aliphatic rings. The first-order valence-electron chi connectivity index (χ1n) is 8.96. The maximum absolute atomic E-state index is 12.9. The topological polar surface area (TPSA) is 63.0 Å². The summed E-state index contributed by atoms with van der Waals surface area (Å²) in [4.78, 5) is 17.6. The minimum atomic E-state index is -0.413. The van der Waals surface area contributed by atoms with Crippen molar-refractivity contribution in [1.29, 1.82) is 5.26 Å². The number of carbonyl (C=O) groups excluding carboxylic acids is 1. The molecule has 3 aromatic carbocycles. The molecule has 0 radical (unpaired) electrons. The molecule has 0 atom stereocenters. The molecule has 4 aromatic rings. The first-order valence-corrected chi connectivity index (χ1v) is 9.75. The van der Waals surface area contributed by atoms with Crippen molar-refractivity contribution in [2.24, 2.45) is 0 Å². The van der Waals surface area contributed by atoms with Crippen LogP contribution in [0.4, 0.5) is 0 Å². The Labute approximate surface area is 176 Å². The lowest BCUT2D eigenvalue weighted by molar-refractivity contribution is 0.0475. The molecule has 0 aliphatic heterocycles. The third-order valence-corrected chi connectivity index (χ3v) is 5.00. The van der Waals surface area contributed by atoms with E-state index in [-0.39, 0.29) is 6.61 Å². The number of halogens is 1. The van der Waals surface area contributed by atoms with Crippen LogP contribution in [0.5, 0.6) is 0 Å². The Morgan fingerprint density at radius 2 is 1.79 bits per heavy atom. The van der Waals surface area contributed by atoms with Crippen LogP contribution in [0.25, 0.3) is 22.2 Å². The van der Waals surface area contributed by atoms with Gasteiger partial charge in [0.05, 0.1) is 28.4 Å². The Kier molecular flexibility index (Phi) is 5.37.